The lowest BCUT2D eigenvalue weighted by atomic mass is 10.7. The third kappa shape index (κ3) is 3.88. The van der Waals surface area contributed by atoms with E-state index in [2.05, 4.69) is 0 Å². The SMILES string of the molecule is C1CC1.c1ccsc1. The Labute approximate surface area is 54.2 Å². The smallest absolute Gasteiger partial charge is 0.00934 e. The Hall–Kier alpha value is -0.300. The minimum Gasteiger partial charge on any atom is -0.152 e. The summed E-state index contributed by atoms with van der Waals surface area (Å²) in [5, 5.41) is 4.08. The third-order valence-electron chi connectivity index (χ3n) is 0.779. The van der Waals surface area contributed by atoms with Crippen LogP contribution >= 0.6 is 11.3 Å². The van der Waals surface area contributed by atoms with Gasteiger partial charge in [0.2, 0.25) is 0 Å². The molecule has 44 valence electrons. The highest BCUT2D eigenvalue weighted by atomic mass is 32.1. The quantitative estimate of drug-likeness (QED) is 0.501. The molecule has 1 aromatic heterocycles. The normalized spacial score (nSPS) is 14.0. The van der Waals surface area contributed by atoms with Gasteiger partial charge in [-0.15, -0.1) is 0 Å². The Bertz CT molecular complexity index is 88.0. The maximum absolute atomic E-state index is 2.04. The van der Waals surface area contributed by atoms with Crippen LogP contribution in [-0.2, 0) is 0 Å². The molecule has 0 atom stereocenters. The summed E-state index contributed by atoms with van der Waals surface area (Å²) in [5.41, 5.74) is 0. The van der Waals surface area contributed by atoms with Crippen LogP contribution in [0.2, 0.25) is 0 Å². The molecule has 0 aromatic carbocycles. The maximum Gasteiger partial charge on any atom is -0.00934 e. The minimum absolute atomic E-state index is 1.50. The van der Waals surface area contributed by atoms with Crippen molar-refractivity contribution >= 4 is 11.3 Å². The van der Waals surface area contributed by atoms with E-state index in [1.807, 2.05) is 22.9 Å². The number of rotatable bonds is 0. The Morgan fingerprint density at radius 2 is 1.38 bits per heavy atom. The van der Waals surface area contributed by atoms with Gasteiger partial charge in [-0.25, -0.2) is 0 Å². The van der Waals surface area contributed by atoms with Gasteiger partial charge in [0.1, 0.15) is 0 Å². The summed E-state index contributed by atoms with van der Waals surface area (Å²) in [4.78, 5) is 0. The zero-order valence-corrected chi connectivity index (χ0v) is 5.66. The fourth-order valence-corrected chi connectivity index (χ4v) is 0.680. The van der Waals surface area contributed by atoms with Crippen LogP contribution in [0.3, 0.4) is 0 Å². The van der Waals surface area contributed by atoms with Gasteiger partial charge in [0.05, 0.1) is 0 Å². The molecule has 0 spiro atoms. The molecule has 8 heavy (non-hydrogen) atoms. The highest BCUT2D eigenvalue weighted by Crippen LogP contribution is 2.14. The van der Waals surface area contributed by atoms with Crippen molar-refractivity contribution in [3.05, 3.63) is 22.9 Å². The van der Waals surface area contributed by atoms with E-state index in [-0.39, 0.29) is 0 Å². The van der Waals surface area contributed by atoms with Crippen molar-refractivity contribution in [3.8, 4) is 0 Å². The molecule has 0 unspecified atom stereocenters. The molecule has 0 radical (unpaired) electrons. The van der Waals surface area contributed by atoms with Gasteiger partial charge in [-0.3, -0.25) is 0 Å². The molecule has 1 fully saturated rings. The van der Waals surface area contributed by atoms with E-state index in [0.717, 1.165) is 0 Å². The molecule has 0 aliphatic heterocycles. The summed E-state index contributed by atoms with van der Waals surface area (Å²) >= 11 is 1.71. The Kier molecular flexibility index (Phi) is 2.68. The molecule has 1 aliphatic carbocycles. The van der Waals surface area contributed by atoms with E-state index < -0.39 is 0 Å². The number of hydrogen-bond acceptors (Lipinski definition) is 1. The van der Waals surface area contributed by atoms with Gasteiger partial charge in [0, 0.05) is 0 Å². The zero-order chi connectivity index (χ0) is 5.66. The molecule has 0 N–H and O–H groups in total. The van der Waals surface area contributed by atoms with E-state index in [4.69, 9.17) is 0 Å². The molecule has 1 aliphatic rings. The number of thiophene rings is 1. The van der Waals surface area contributed by atoms with E-state index in [9.17, 15) is 0 Å². The second kappa shape index (κ2) is 3.67. The van der Waals surface area contributed by atoms with Crippen LogP contribution in [0.4, 0.5) is 0 Å². The van der Waals surface area contributed by atoms with Gasteiger partial charge in [0.15, 0.2) is 0 Å². The average molecular weight is 126 g/mol. The van der Waals surface area contributed by atoms with Gasteiger partial charge in [0.25, 0.3) is 0 Å². The molecule has 2 rings (SSSR count). The number of hydrogen-bond donors (Lipinski definition) is 0. The van der Waals surface area contributed by atoms with Crippen molar-refractivity contribution in [2.45, 2.75) is 19.3 Å². The molecule has 1 saturated carbocycles. The van der Waals surface area contributed by atoms with Crippen molar-refractivity contribution in [2.24, 2.45) is 0 Å². The summed E-state index contributed by atoms with van der Waals surface area (Å²) < 4.78 is 0. The lowest BCUT2D eigenvalue weighted by Gasteiger charge is -1.39. The van der Waals surface area contributed by atoms with Gasteiger partial charge >= 0.3 is 0 Å². The van der Waals surface area contributed by atoms with Crippen LogP contribution in [-0.4, -0.2) is 0 Å². The summed E-state index contributed by atoms with van der Waals surface area (Å²) in [7, 11) is 0. The lowest BCUT2D eigenvalue weighted by Crippen LogP contribution is -1.16. The molecule has 1 aromatic rings. The van der Waals surface area contributed by atoms with Crippen LogP contribution in [0.5, 0.6) is 0 Å². The van der Waals surface area contributed by atoms with Gasteiger partial charge in [-0.1, -0.05) is 31.4 Å². The lowest BCUT2D eigenvalue weighted by molar-refractivity contribution is 1.50. The Morgan fingerprint density at radius 1 is 0.875 bits per heavy atom. The predicted molar refractivity (Wildman–Crippen MR) is 38.2 cm³/mol. The molecule has 0 amide bonds. The first-order chi connectivity index (χ1) is 4.00. The second-order valence-electron chi connectivity index (χ2n) is 1.85. The van der Waals surface area contributed by atoms with E-state index in [0.29, 0.717) is 0 Å². The first-order valence-electron chi connectivity index (χ1n) is 2.97. The molecule has 0 saturated heterocycles. The Balaban J connectivity index is 0.0000000907. The fourth-order valence-electron chi connectivity index (χ4n) is 0.227. The molecular weight excluding hydrogens is 116 g/mol. The van der Waals surface area contributed by atoms with Crippen molar-refractivity contribution in [1.29, 1.82) is 0 Å². The summed E-state index contributed by atoms with van der Waals surface area (Å²) in [5.74, 6) is 0. The molecular formula is C7H10S. The van der Waals surface area contributed by atoms with Crippen molar-refractivity contribution in [2.75, 3.05) is 0 Å². The summed E-state index contributed by atoms with van der Waals surface area (Å²) in [6, 6.07) is 4.04. The topological polar surface area (TPSA) is 0 Å². The van der Waals surface area contributed by atoms with Crippen LogP contribution < -0.4 is 0 Å². The van der Waals surface area contributed by atoms with Crippen LogP contribution in [0.25, 0.3) is 0 Å². The van der Waals surface area contributed by atoms with E-state index in [1.165, 1.54) is 19.3 Å². The first-order valence-corrected chi connectivity index (χ1v) is 3.91. The van der Waals surface area contributed by atoms with Crippen molar-refractivity contribution in [3.63, 3.8) is 0 Å². The van der Waals surface area contributed by atoms with Crippen LogP contribution in [0.1, 0.15) is 19.3 Å². The standard InChI is InChI=1S/C4H4S.C3H6/c1-2-4-5-3-1;1-2-3-1/h1-4H;1-3H2. The van der Waals surface area contributed by atoms with Crippen LogP contribution in [0, 0.1) is 0 Å². The zero-order valence-electron chi connectivity index (χ0n) is 4.84. The van der Waals surface area contributed by atoms with Crippen molar-refractivity contribution < 1.29 is 0 Å². The predicted octanol–water partition coefficient (Wildman–Crippen LogP) is 2.92. The third-order valence-corrected chi connectivity index (χ3v) is 1.41. The van der Waals surface area contributed by atoms with Crippen LogP contribution in [0.15, 0.2) is 22.9 Å². The average Bonchev–Trinajstić information content (AvgIpc) is 2.55. The summed E-state index contributed by atoms with van der Waals surface area (Å²) in [6.07, 6.45) is 4.50. The van der Waals surface area contributed by atoms with E-state index >= 15 is 0 Å². The summed E-state index contributed by atoms with van der Waals surface area (Å²) in [6.45, 7) is 0. The molecule has 0 nitrogen and oxygen atoms in total. The fraction of sp³-hybridized carbons (Fsp3) is 0.429. The van der Waals surface area contributed by atoms with Gasteiger partial charge < -0.3 is 0 Å². The molecule has 0 bridgehead atoms. The first kappa shape index (κ1) is 5.83. The molecule has 1 heterocycles. The Morgan fingerprint density at radius 3 is 1.50 bits per heavy atom. The second-order valence-corrected chi connectivity index (χ2v) is 2.67. The monoisotopic (exact) mass is 126 g/mol. The largest absolute Gasteiger partial charge is 0.152 e. The molecule has 1 heteroatoms. The van der Waals surface area contributed by atoms with E-state index in [1.54, 1.807) is 11.3 Å². The van der Waals surface area contributed by atoms with Crippen molar-refractivity contribution in [1.82, 2.24) is 0 Å². The maximum atomic E-state index is 2.04. The van der Waals surface area contributed by atoms with Gasteiger partial charge in [-0.2, -0.15) is 11.3 Å². The van der Waals surface area contributed by atoms with Gasteiger partial charge in [-0.05, 0) is 10.8 Å². The highest BCUT2D eigenvalue weighted by Gasteiger charge is 1.95. The highest BCUT2D eigenvalue weighted by molar-refractivity contribution is 7.07. The minimum atomic E-state index is 1.50.